The minimum absolute atomic E-state index is 0.163. The Morgan fingerprint density at radius 1 is 1.38 bits per heavy atom. The van der Waals surface area contributed by atoms with Crippen LogP contribution in [0.5, 0.6) is 11.5 Å². The van der Waals surface area contributed by atoms with Crippen LogP contribution in [-0.4, -0.2) is 10.2 Å². The predicted molar refractivity (Wildman–Crippen MR) is 27.4 cm³/mol. The molecule has 0 bridgehead atoms. The fourth-order valence-electron chi connectivity index (χ4n) is 0.374. The van der Waals surface area contributed by atoms with E-state index in [1.54, 1.807) is 0 Å². The van der Waals surface area contributed by atoms with Crippen molar-refractivity contribution < 1.29 is 10.2 Å². The molecular weight excluding hydrogens is 104 g/mol. The Morgan fingerprint density at radius 2 is 2.12 bits per heavy atom. The zero-order valence-corrected chi connectivity index (χ0v) is 4.05. The number of hydrogen-bond acceptors (Lipinski definition) is 2. The molecule has 1 aromatic carbocycles. The van der Waals surface area contributed by atoms with E-state index in [4.69, 9.17) is 10.2 Å². The van der Waals surface area contributed by atoms with Gasteiger partial charge in [-0.2, -0.15) is 0 Å². The molecule has 0 saturated heterocycles. The summed E-state index contributed by atoms with van der Waals surface area (Å²) in [6.45, 7) is 0. The lowest BCUT2D eigenvalue weighted by Crippen LogP contribution is -1.60. The first-order valence-electron chi connectivity index (χ1n) is 2.11. The molecule has 2 heteroatoms. The molecule has 0 unspecified atom stereocenters. The lowest BCUT2D eigenvalue weighted by Gasteiger charge is -1.86. The molecule has 0 saturated carbocycles. The minimum atomic E-state index is -0.257. The number of hydrogen-bond donors (Lipinski definition) is 2. The van der Waals surface area contributed by atoms with Gasteiger partial charge in [-0.1, -0.05) is 6.07 Å². The topological polar surface area (TPSA) is 40.5 Å². The molecule has 0 aliphatic rings. The molecule has 0 aliphatic heterocycles. The second-order valence-corrected chi connectivity index (χ2v) is 1.34. The molecule has 40 valence electrons. The van der Waals surface area contributed by atoms with Crippen molar-refractivity contribution in [2.24, 2.45) is 0 Å². The maximum Gasteiger partial charge on any atom is 0.210 e. The third-order valence-corrected chi connectivity index (χ3v) is 0.758. The molecule has 2 N–H and O–H groups in total. The van der Waals surface area contributed by atoms with Gasteiger partial charge in [-0.15, -0.1) is 0 Å². The van der Waals surface area contributed by atoms with Gasteiger partial charge in [-0.3, -0.25) is 0 Å². The lowest BCUT2D eigenvalue weighted by atomic mass is 10.4. The zero-order valence-electron chi connectivity index (χ0n) is 4.05. The highest BCUT2D eigenvalue weighted by molar-refractivity contribution is 5.32. The van der Waals surface area contributed by atoms with E-state index in [0.717, 1.165) is 0 Å². The fraction of sp³-hybridized carbons (Fsp3) is 0. The van der Waals surface area contributed by atoms with Gasteiger partial charge >= 0.3 is 0 Å². The van der Waals surface area contributed by atoms with Gasteiger partial charge in [0.2, 0.25) is 5.75 Å². The Balaban J connectivity index is 3.13. The summed E-state index contributed by atoms with van der Waals surface area (Å²) in [5.41, 5.74) is 0. The van der Waals surface area contributed by atoms with Gasteiger partial charge in [-0.05, 0) is 18.2 Å². The van der Waals surface area contributed by atoms with Crippen molar-refractivity contribution in [3.8, 4) is 11.5 Å². The Kier molecular flexibility index (Phi) is 0.974. The van der Waals surface area contributed by atoms with Crippen LogP contribution in [0.1, 0.15) is 0 Å². The van der Waals surface area contributed by atoms with E-state index in [9.17, 15) is 0 Å². The SMILES string of the molecule is Oc1c#cccc1O. The average Bonchev–Trinajstić information content (AvgIpc) is 1.77. The molecule has 0 aromatic heterocycles. The largest absolute Gasteiger partial charge is 0.504 e. The molecule has 0 atom stereocenters. The molecule has 1 aromatic rings. The van der Waals surface area contributed by atoms with Crippen LogP contribution < -0.4 is 0 Å². The monoisotopic (exact) mass is 108 g/mol. The molecule has 0 radical (unpaired) electrons. The first-order chi connectivity index (χ1) is 3.80. The summed E-state index contributed by atoms with van der Waals surface area (Å²) >= 11 is 0. The van der Waals surface area contributed by atoms with Crippen LogP contribution in [0.3, 0.4) is 0 Å². The summed E-state index contributed by atoms with van der Waals surface area (Å²) in [5.74, 6) is -0.420. The maximum absolute atomic E-state index is 8.62. The first-order valence-corrected chi connectivity index (χ1v) is 2.11. The third-order valence-electron chi connectivity index (χ3n) is 0.758. The van der Waals surface area contributed by atoms with E-state index in [1.165, 1.54) is 12.1 Å². The highest BCUT2D eigenvalue weighted by Crippen LogP contribution is 2.18. The van der Waals surface area contributed by atoms with Crippen molar-refractivity contribution >= 4 is 0 Å². The molecule has 0 amide bonds. The second kappa shape index (κ2) is 1.63. The van der Waals surface area contributed by atoms with E-state index in [1.807, 2.05) is 0 Å². The fourth-order valence-corrected chi connectivity index (χ4v) is 0.374. The number of aromatic hydroxyl groups is 2. The van der Waals surface area contributed by atoms with Gasteiger partial charge < -0.3 is 10.2 Å². The second-order valence-electron chi connectivity index (χ2n) is 1.34. The first kappa shape index (κ1) is 4.79. The Hall–Kier alpha value is -1.36. The average molecular weight is 108 g/mol. The van der Waals surface area contributed by atoms with Crippen molar-refractivity contribution in [1.29, 1.82) is 0 Å². The molecule has 0 spiro atoms. The van der Waals surface area contributed by atoms with Crippen LogP contribution in [0.4, 0.5) is 0 Å². The van der Waals surface area contributed by atoms with Crippen LogP contribution in [0, 0.1) is 12.1 Å². The highest BCUT2D eigenvalue weighted by Gasteiger charge is 1.89. The van der Waals surface area contributed by atoms with Crippen LogP contribution in [0.25, 0.3) is 0 Å². The van der Waals surface area contributed by atoms with Crippen molar-refractivity contribution in [2.75, 3.05) is 0 Å². The Morgan fingerprint density at radius 3 is 2.50 bits per heavy atom. The molecule has 0 heterocycles. The van der Waals surface area contributed by atoms with Gasteiger partial charge in [0.1, 0.15) is 0 Å². The van der Waals surface area contributed by atoms with Gasteiger partial charge in [0.15, 0.2) is 5.75 Å². The summed E-state index contributed by atoms with van der Waals surface area (Å²) in [4.78, 5) is 0. The van der Waals surface area contributed by atoms with Gasteiger partial charge in [0.05, 0.1) is 0 Å². The molecular formula is C6H4O2. The van der Waals surface area contributed by atoms with E-state index in [-0.39, 0.29) is 11.5 Å². The Labute approximate surface area is 47.0 Å². The van der Waals surface area contributed by atoms with Crippen molar-refractivity contribution in [2.45, 2.75) is 0 Å². The lowest BCUT2D eigenvalue weighted by molar-refractivity contribution is 0.404. The number of rotatable bonds is 0. The maximum atomic E-state index is 8.62. The Bertz CT molecular complexity index is 163. The smallest absolute Gasteiger partial charge is 0.210 e. The standard InChI is InChI=1S/C6H4O2/c7-5-3-1-2-4-6(5)8/h1,3,7-8H. The quantitative estimate of drug-likeness (QED) is 0.513. The summed E-state index contributed by atoms with van der Waals surface area (Å²) < 4.78 is 0. The third kappa shape index (κ3) is 0.662. The highest BCUT2D eigenvalue weighted by atomic mass is 16.3. The molecule has 8 heavy (non-hydrogen) atoms. The molecule has 2 nitrogen and oxygen atoms in total. The zero-order chi connectivity index (χ0) is 5.98. The molecule has 0 fully saturated rings. The van der Waals surface area contributed by atoms with Crippen LogP contribution >= 0.6 is 0 Å². The molecule has 0 aliphatic carbocycles. The van der Waals surface area contributed by atoms with Crippen molar-refractivity contribution in [3.05, 3.63) is 24.3 Å². The summed E-state index contributed by atoms with van der Waals surface area (Å²) in [5, 5.41) is 17.2. The minimum Gasteiger partial charge on any atom is -0.504 e. The summed E-state index contributed by atoms with van der Waals surface area (Å²) in [6.07, 6.45) is 0. The van der Waals surface area contributed by atoms with Gasteiger partial charge in [0.25, 0.3) is 0 Å². The normalized spacial score (nSPS) is 8.00. The summed E-state index contributed by atoms with van der Waals surface area (Å²) in [6, 6.07) is 7.55. The predicted octanol–water partition coefficient (Wildman–Crippen LogP) is 0.698. The summed E-state index contributed by atoms with van der Waals surface area (Å²) in [7, 11) is 0. The van der Waals surface area contributed by atoms with E-state index < -0.39 is 0 Å². The van der Waals surface area contributed by atoms with Crippen LogP contribution in [0.15, 0.2) is 12.1 Å². The van der Waals surface area contributed by atoms with Crippen LogP contribution in [-0.2, 0) is 0 Å². The van der Waals surface area contributed by atoms with Crippen molar-refractivity contribution in [3.63, 3.8) is 0 Å². The van der Waals surface area contributed by atoms with E-state index >= 15 is 0 Å². The van der Waals surface area contributed by atoms with Crippen molar-refractivity contribution in [1.82, 2.24) is 0 Å². The van der Waals surface area contributed by atoms with Gasteiger partial charge in [0, 0.05) is 0 Å². The molecule has 1 rings (SSSR count). The van der Waals surface area contributed by atoms with E-state index in [0.29, 0.717) is 0 Å². The van der Waals surface area contributed by atoms with Crippen LogP contribution in [0.2, 0.25) is 0 Å². The van der Waals surface area contributed by atoms with E-state index in [2.05, 4.69) is 12.1 Å². The van der Waals surface area contributed by atoms with Gasteiger partial charge in [-0.25, -0.2) is 0 Å².